The van der Waals surface area contributed by atoms with Gasteiger partial charge in [-0.3, -0.25) is 4.79 Å². The molecule has 1 aromatic heterocycles. The number of aromatic nitrogens is 1. The van der Waals surface area contributed by atoms with Gasteiger partial charge in [-0.2, -0.15) is 0 Å². The molecule has 0 radical (unpaired) electrons. The monoisotopic (exact) mass is 399 g/mol. The Morgan fingerprint density at radius 1 is 0.967 bits per heavy atom. The molecule has 148 valence electrons. The summed E-state index contributed by atoms with van der Waals surface area (Å²) >= 11 is 0. The van der Waals surface area contributed by atoms with Crippen molar-refractivity contribution >= 4 is 22.8 Å². The second-order valence-corrected chi connectivity index (χ2v) is 7.22. The summed E-state index contributed by atoms with van der Waals surface area (Å²) in [6, 6.07) is 15.3. The average Bonchev–Trinajstić information content (AvgIpc) is 3.19. The largest absolute Gasteiger partial charge is 0.508 e. The van der Waals surface area contributed by atoms with Crippen molar-refractivity contribution in [1.82, 2.24) is 4.57 Å². The van der Waals surface area contributed by atoms with Gasteiger partial charge in [-0.25, -0.2) is 0 Å². The maximum Gasteiger partial charge on any atom is 0.235 e. The van der Waals surface area contributed by atoms with Crippen molar-refractivity contribution in [2.45, 2.75) is 0 Å². The minimum Gasteiger partial charge on any atom is -0.508 e. The van der Waals surface area contributed by atoms with E-state index in [-0.39, 0.29) is 34.3 Å². The van der Waals surface area contributed by atoms with Gasteiger partial charge in [-0.15, -0.1) is 0 Å². The number of rotatable bonds is 2. The van der Waals surface area contributed by atoms with E-state index in [1.54, 1.807) is 24.3 Å². The Morgan fingerprint density at radius 2 is 1.77 bits per heavy atom. The predicted octanol–water partition coefficient (Wildman–Crippen LogP) is 4.58. The van der Waals surface area contributed by atoms with Crippen LogP contribution in [0.5, 0.6) is 23.0 Å². The highest BCUT2D eigenvalue weighted by Gasteiger charge is 2.31. The molecule has 6 heteroatoms. The van der Waals surface area contributed by atoms with Crippen LogP contribution in [0.2, 0.25) is 0 Å². The van der Waals surface area contributed by atoms with Crippen LogP contribution in [0.15, 0.2) is 66.6 Å². The number of fused-ring (bicyclic) bond motifs is 2. The molecule has 0 unspecified atom stereocenters. The molecule has 0 amide bonds. The van der Waals surface area contributed by atoms with Gasteiger partial charge in [0.05, 0.1) is 0 Å². The maximum atomic E-state index is 12.8. The number of allylic oxidation sites excluding steroid dienone is 1. The van der Waals surface area contributed by atoms with Gasteiger partial charge in [0.1, 0.15) is 28.6 Å². The summed E-state index contributed by atoms with van der Waals surface area (Å²) in [6.45, 7) is 0. The molecule has 0 fully saturated rings. The molecule has 6 nitrogen and oxygen atoms in total. The molecule has 0 saturated carbocycles. The smallest absolute Gasteiger partial charge is 0.235 e. The summed E-state index contributed by atoms with van der Waals surface area (Å²) in [5.74, 6) is -0.607. The van der Waals surface area contributed by atoms with Crippen LogP contribution in [-0.2, 0) is 7.05 Å². The summed E-state index contributed by atoms with van der Waals surface area (Å²) in [5, 5.41) is 30.5. The molecule has 3 aromatic carbocycles. The number of Topliss-reactive ketones (excluding diaryl/α,β-unsaturated/α-hetero) is 1. The van der Waals surface area contributed by atoms with Crippen LogP contribution < -0.4 is 4.74 Å². The van der Waals surface area contributed by atoms with E-state index >= 15 is 0 Å². The highest BCUT2D eigenvalue weighted by molar-refractivity contribution is 6.17. The van der Waals surface area contributed by atoms with E-state index in [9.17, 15) is 20.1 Å². The number of nitrogens with zero attached hydrogens (tertiary/aromatic N) is 1. The van der Waals surface area contributed by atoms with E-state index in [2.05, 4.69) is 0 Å². The van der Waals surface area contributed by atoms with Gasteiger partial charge in [0.25, 0.3) is 0 Å². The van der Waals surface area contributed by atoms with Crippen molar-refractivity contribution < 1.29 is 24.9 Å². The number of carbonyl (C=O) groups excluding carboxylic acids is 1. The van der Waals surface area contributed by atoms with Crippen molar-refractivity contribution in [3.8, 4) is 34.1 Å². The third-order valence-electron chi connectivity index (χ3n) is 5.22. The zero-order chi connectivity index (χ0) is 21.0. The summed E-state index contributed by atoms with van der Waals surface area (Å²) in [7, 11) is 1.91. The Labute approximate surface area is 171 Å². The lowest BCUT2D eigenvalue weighted by Gasteiger charge is -2.07. The first-order chi connectivity index (χ1) is 14.4. The third kappa shape index (κ3) is 2.69. The molecular weight excluding hydrogens is 382 g/mol. The van der Waals surface area contributed by atoms with Gasteiger partial charge >= 0.3 is 0 Å². The SMILES string of the molecule is Cn1cc(C=C2Oc3cc(O)cc(O)c3C2=O)c2c(-c3cccc(O)c3)cccc21. The minimum absolute atomic E-state index is 0.0347. The van der Waals surface area contributed by atoms with Crippen molar-refractivity contribution in [3.63, 3.8) is 0 Å². The summed E-state index contributed by atoms with van der Waals surface area (Å²) in [5.41, 5.74) is 3.49. The van der Waals surface area contributed by atoms with Gasteiger partial charge in [0.15, 0.2) is 5.76 Å². The lowest BCUT2D eigenvalue weighted by Crippen LogP contribution is -1.98. The van der Waals surface area contributed by atoms with Crippen LogP contribution in [0.4, 0.5) is 0 Å². The molecule has 30 heavy (non-hydrogen) atoms. The van der Waals surface area contributed by atoms with Crippen molar-refractivity contribution in [3.05, 3.63) is 77.7 Å². The van der Waals surface area contributed by atoms with Crippen LogP contribution >= 0.6 is 0 Å². The van der Waals surface area contributed by atoms with Crippen molar-refractivity contribution in [1.29, 1.82) is 0 Å². The number of hydrogen-bond donors (Lipinski definition) is 3. The molecule has 1 aliphatic heterocycles. The third-order valence-corrected chi connectivity index (χ3v) is 5.22. The number of hydrogen-bond acceptors (Lipinski definition) is 5. The fourth-order valence-corrected chi connectivity index (χ4v) is 3.92. The Hall–Kier alpha value is -4.19. The summed E-state index contributed by atoms with van der Waals surface area (Å²) in [6.07, 6.45) is 3.52. The molecule has 0 saturated heterocycles. The highest BCUT2D eigenvalue weighted by Crippen LogP contribution is 2.41. The van der Waals surface area contributed by atoms with Crippen LogP contribution in [0.3, 0.4) is 0 Å². The predicted molar refractivity (Wildman–Crippen MR) is 113 cm³/mol. The number of aromatic hydroxyl groups is 3. The maximum absolute atomic E-state index is 12.8. The molecule has 0 bridgehead atoms. The number of ether oxygens (including phenoxy) is 1. The second-order valence-electron chi connectivity index (χ2n) is 7.22. The molecule has 0 spiro atoms. The van der Waals surface area contributed by atoms with E-state index in [4.69, 9.17) is 4.74 Å². The van der Waals surface area contributed by atoms with Crippen LogP contribution in [-0.4, -0.2) is 25.7 Å². The number of ketones is 1. The van der Waals surface area contributed by atoms with E-state index in [0.717, 1.165) is 33.7 Å². The van der Waals surface area contributed by atoms with E-state index in [0.29, 0.717) is 0 Å². The quantitative estimate of drug-likeness (QED) is 0.429. The molecule has 5 rings (SSSR count). The second kappa shape index (κ2) is 6.42. The normalized spacial score (nSPS) is 14.3. The Kier molecular flexibility index (Phi) is 3.83. The van der Waals surface area contributed by atoms with Crippen molar-refractivity contribution in [2.24, 2.45) is 7.05 Å². The standard InChI is InChI=1S/C24H17NO5/c1-25-12-14(9-21-24(29)23-19(28)10-16(27)11-20(23)30-21)22-17(6-3-7-18(22)25)13-4-2-5-15(26)8-13/h2-12,26-28H,1H3. The van der Waals surface area contributed by atoms with Gasteiger partial charge in [-0.05, 0) is 35.4 Å². The molecule has 0 aliphatic carbocycles. The summed E-state index contributed by atoms with van der Waals surface area (Å²) < 4.78 is 7.60. The first kappa shape index (κ1) is 17.9. The lowest BCUT2D eigenvalue weighted by atomic mass is 9.98. The van der Waals surface area contributed by atoms with E-state index < -0.39 is 5.78 Å². The molecule has 2 heterocycles. The first-order valence-electron chi connectivity index (χ1n) is 9.30. The minimum atomic E-state index is -0.450. The van der Waals surface area contributed by atoms with Crippen LogP contribution in [0.25, 0.3) is 28.1 Å². The topological polar surface area (TPSA) is 91.9 Å². The van der Waals surface area contributed by atoms with Gasteiger partial charge in [-0.1, -0.05) is 24.3 Å². The molecule has 1 aliphatic rings. The zero-order valence-electron chi connectivity index (χ0n) is 16.0. The number of phenolic OH excluding ortho intramolecular Hbond substituents is 3. The number of phenols is 3. The fourth-order valence-electron chi connectivity index (χ4n) is 3.92. The fraction of sp³-hybridized carbons (Fsp3) is 0.0417. The highest BCUT2D eigenvalue weighted by atomic mass is 16.5. The lowest BCUT2D eigenvalue weighted by molar-refractivity contribution is 0.101. The molecule has 0 atom stereocenters. The first-order valence-corrected chi connectivity index (χ1v) is 9.30. The Morgan fingerprint density at radius 3 is 2.57 bits per heavy atom. The molecule has 3 N–H and O–H groups in total. The van der Waals surface area contributed by atoms with E-state index in [1.807, 2.05) is 42.1 Å². The van der Waals surface area contributed by atoms with Gasteiger partial charge < -0.3 is 24.6 Å². The average molecular weight is 399 g/mol. The Bertz CT molecular complexity index is 1380. The van der Waals surface area contributed by atoms with Crippen LogP contribution in [0, 0.1) is 0 Å². The van der Waals surface area contributed by atoms with Crippen LogP contribution in [0.1, 0.15) is 15.9 Å². The number of carbonyl (C=O) groups is 1. The molecular formula is C24H17NO5. The zero-order valence-corrected chi connectivity index (χ0v) is 16.0. The summed E-state index contributed by atoms with van der Waals surface area (Å²) in [4.78, 5) is 12.8. The molecule has 4 aromatic rings. The number of aryl methyl sites for hydroxylation is 1. The van der Waals surface area contributed by atoms with E-state index in [1.165, 1.54) is 6.07 Å². The Balaban J connectivity index is 1.69. The number of benzene rings is 3. The van der Waals surface area contributed by atoms with Gasteiger partial charge in [0, 0.05) is 41.8 Å². The van der Waals surface area contributed by atoms with Gasteiger partial charge in [0.2, 0.25) is 5.78 Å². The van der Waals surface area contributed by atoms with Crippen molar-refractivity contribution in [2.75, 3.05) is 0 Å².